The molecule has 1 heterocycles. The smallest absolute Gasteiger partial charge is 0.376 e. The van der Waals surface area contributed by atoms with Crippen molar-refractivity contribution >= 4 is 51.6 Å². The highest BCUT2D eigenvalue weighted by Crippen LogP contribution is 2.28. The van der Waals surface area contributed by atoms with E-state index in [0.717, 1.165) is 0 Å². The zero-order valence-corrected chi connectivity index (χ0v) is 16.0. The number of nitrogens with zero attached hydrogens (tertiary/aromatic N) is 1. The molecule has 0 bridgehead atoms. The lowest BCUT2D eigenvalue weighted by molar-refractivity contribution is -0.146. The lowest BCUT2D eigenvalue weighted by atomic mass is 10.1. The predicted octanol–water partition coefficient (Wildman–Crippen LogP) is 4.05. The van der Waals surface area contributed by atoms with Gasteiger partial charge in [-0.1, -0.05) is 35.3 Å². The molecule has 0 saturated carbocycles. The quantitative estimate of drug-likeness (QED) is 0.358. The summed E-state index contributed by atoms with van der Waals surface area (Å²) in [5.74, 6) is -4.38. The van der Waals surface area contributed by atoms with E-state index in [0.29, 0.717) is 17.2 Å². The van der Waals surface area contributed by atoms with Crippen molar-refractivity contribution in [1.29, 1.82) is 0 Å². The van der Waals surface area contributed by atoms with Crippen molar-refractivity contribution in [2.24, 2.45) is 0 Å². The summed E-state index contributed by atoms with van der Waals surface area (Å²) in [6, 6.07) is 8.41. The Kier molecular flexibility index (Phi) is 5.72. The summed E-state index contributed by atoms with van der Waals surface area (Å²) in [5, 5.41) is 19.3. The van der Waals surface area contributed by atoms with Crippen LogP contribution in [0.4, 0.5) is 4.39 Å². The Morgan fingerprint density at radius 2 is 1.69 bits per heavy atom. The number of carboxylic acid groups (broad SMARTS) is 1. The van der Waals surface area contributed by atoms with E-state index in [2.05, 4.69) is 0 Å². The Morgan fingerprint density at radius 1 is 1.07 bits per heavy atom. The van der Waals surface area contributed by atoms with E-state index >= 15 is 0 Å². The third-order valence-electron chi connectivity index (χ3n) is 4.14. The molecule has 0 spiro atoms. The van der Waals surface area contributed by atoms with Gasteiger partial charge < -0.3 is 14.8 Å². The molecule has 0 aliphatic rings. The number of aliphatic hydroxyl groups excluding tert-OH is 1. The zero-order valence-electron chi connectivity index (χ0n) is 14.5. The Bertz CT molecular complexity index is 1230. The van der Waals surface area contributed by atoms with E-state index in [4.69, 9.17) is 28.3 Å². The zero-order chi connectivity index (χ0) is 21.3. The highest BCUT2D eigenvalue weighted by molar-refractivity contribution is 6.42. The van der Waals surface area contributed by atoms with Crippen molar-refractivity contribution in [3.05, 3.63) is 85.9 Å². The number of carbonyl (C=O) groups is 2. The fourth-order valence-corrected chi connectivity index (χ4v) is 3.07. The largest absolute Gasteiger partial charge is 0.507 e. The second-order valence-electron chi connectivity index (χ2n) is 6.11. The molecule has 2 aromatic carbocycles. The van der Waals surface area contributed by atoms with Crippen molar-refractivity contribution in [3.8, 4) is 0 Å². The SMILES string of the molecule is O=C(O)C(=O)/C=C(\O)c1cn(Cc2ccc(F)cc2)c2cc(Cl)c(Cl)cc2c1=O. The first-order valence-corrected chi connectivity index (χ1v) is 8.88. The number of pyridine rings is 1. The van der Waals surface area contributed by atoms with Gasteiger partial charge in [-0.3, -0.25) is 9.59 Å². The Morgan fingerprint density at radius 3 is 2.31 bits per heavy atom. The van der Waals surface area contributed by atoms with Crippen LogP contribution in [-0.4, -0.2) is 26.5 Å². The maximum atomic E-state index is 13.2. The monoisotopic (exact) mass is 435 g/mol. The number of benzene rings is 2. The van der Waals surface area contributed by atoms with E-state index < -0.39 is 28.8 Å². The molecule has 0 unspecified atom stereocenters. The number of aliphatic hydroxyl groups is 1. The molecule has 1 aromatic heterocycles. The number of fused-ring (bicyclic) bond motifs is 1. The summed E-state index contributed by atoms with van der Waals surface area (Å²) in [5.41, 5.74) is 0.0988. The first-order chi connectivity index (χ1) is 13.7. The number of halogens is 3. The van der Waals surface area contributed by atoms with Gasteiger partial charge in [-0.25, -0.2) is 9.18 Å². The summed E-state index contributed by atoms with van der Waals surface area (Å²) in [6.07, 6.45) is 1.71. The molecule has 0 radical (unpaired) electrons. The summed E-state index contributed by atoms with van der Waals surface area (Å²) in [7, 11) is 0. The van der Waals surface area contributed by atoms with E-state index in [-0.39, 0.29) is 27.5 Å². The lowest BCUT2D eigenvalue weighted by Crippen LogP contribution is -2.17. The van der Waals surface area contributed by atoms with Crippen LogP contribution >= 0.6 is 23.2 Å². The van der Waals surface area contributed by atoms with E-state index in [1.54, 1.807) is 16.7 Å². The van der Waals surface area contributed by atoms with Crippen LogP contribution in [0.5, 0.6) is 0 Å². The van der Waals surface area contributed by atoms with Crippen LogP contribution in [0.3, 0.4) is 0 Å². The van der Waals surface area contributed by atoms with Crippen molar-refractivity contribution < 1.29 is 24.2 Å². The average molecular weight is 436 g/mol. The van der Waals surface area contributed by atoms with Crippen LogP contribution < -0.4 is 5.43 Å². The topological polar surface area (TPSA) is 96.6 Å². The van der Waals surface area contributed by atoms with E-state index in [1.165, 1.54) is 30.5 Å². The number of ketones is 1. The van der Waals surface area contributed by atoms with Crippen molar-refractivity contribution in [1.82, 2.24) is 4.57 Å². The number of rotatable bonds is 5. The molecule has 0 amide bonds. The number of hydrogen-bond donors (Lipinski definition) is 2. The molecule has 0 saturated heterocycles. The highest BCUT2D eigenvalue weighted by atomic mass is 35.5. The van der Waals surface area contributed by atoms with Crippen LogP contribution in [0.1, 0.15) is 11.1 Å². The van der Waals surface area contributed by atoms with Gasteiger partial charge in [0, 0.05) is 24.2 Å². The number of aromatic nitrogens is 1. The van der Waals surface area contributed by atoms with E-state index in [1.807, 2.05) is 0 Å². The molecule has 0 atom stereocenters. The molecule has 3 rings (SSSR count). The lowest BCUT2D eigenvalue weighted by Gasteiger charge is -2.14. The molecule has 0 aliphatic heterocycles. The van der Waals surface area contributed by atoms with Gasteiger partial charge in [0.15, 0.2) is 5.43 Å². The third-order valence-corrected chi connectivity index (χ3v) is 4.87. The van der Waals surface area contributed by atoms with Crippen LogP contribution in [-0.2, 0) is 16.1 Å². The molecule has 3 aromatic rings. The van der Waals surface area contributed by atoms with Gasteiger partial charge in [0.25, 0.3) is 5.78 Å². The number of carboxylic acids is 1. The van der Waals surface area contributed by atoms with Gasteiger partial charge in [-0.05, 0) is 29.8 Å². The molecular formula is C20H12Cl2FNO5. The second-order valence-corrected chi connectivity index (χ2v) is 6.92. The minimum absolute atomic E-state index is 0.0988. The van der Waals surface area contributed by atoms with Crippen LogP contribution in [0, 0.1) is 5.82 Å². The number of hydrogen-bond acceptors (Lipinski definition) is 4. The Balaban J connectivity index is 2.25. The molecule has 29 heavy (non-hydrogen) atoms. The van der Waals surface area contributed by atoms with Crippen molar-refractivity contribution in [3.63, 3.8) is 0 Å². The van der Waals surface area contributed by atoms with Crippen LogP contribution in [0.2, 0.25) is 10.0 Å². The third kappa shape index (κ3) is 4.31. The maximum Gasteiger partial charge on any atom is 0.376 e. The second kappa shape index (κ2) is 8.06. The van der Waals surface area contributed by atoms with Gasteiger partial charge >= 0.3 is 5.97 Å². The summed E-state index contributed by atoms with van der Waals surface area (Å²) in [4.78, 5) is 34.9. The predicted molar refractivity (Wildman–Crippen MR) is 107 cm³/mol. The van der Waals surface area contributed by atoms with Crippen molar-refractivity contribution in [2.75, 3.05) is 0 Å². The molecule has 2 N–H and O–H groups in total. The summed E-state index contributed by atoms with van der Waals surface area (Å²) >= 11 is 12.1. The first-order valence-electron chi connectivity index (χ1n) is 8.12. The van der Waals surface area contributed by atoms with Crippen molar-refractivity contribution in [2.45, 2.75) is 6.54 Å². The minimum Gasteiger partial charge on any atom is -0.507 e. The Labute approximate surface area is 173 Å². The van der Waals surface area contributed by atoms with Gasteiger partial charge in [0.1, 0.15) is 11.6 Å². The average Bonchev–Trinajstić information content (AvgIpc) is 2.67. The Hall–Kier alpha value is -3.16. The standard InChI is InChI=1S/C20H12Cl2FNO5/c21-14-5-12-16(6-15(14)22)24(8-10-1-3-11(23)4-2-10)9-13(19(12)27)17(25)7-18(26)20(28)29/h1-7,9,25H,8H2,(H,28,29)/b17-7-. The summed E-state index contributed by atoms with van der Waals surface area (Å²) in [6.45, 7) is 0.169. The molecule has 0 fully saturated rings. The normalized spacial score (nSPS) is 11.6. The fraction of sp³-hybridized carbons (Fsp3) is 0.0500. The molecular weight excluding hydrogens is 424 g/mol. The molecule has 9 heteroatoms. The van der Waals surface area contributed by atoms with E-state index in [9.17, 15) is 23.9 Å². The van der Waals surface area contributed by atoms with Gasteiger partial charge in [0.05, 0.1) is 21.1 Å². The van der Waals surface area contributed by atoms with Gasteiger partial charge in [-0.2, -0.15) is 0 Å². The maximum absolute atomic E-state index is 13.2. The van der Waals surface area contributed by atoms with Crippen LogP contribution in [0.25, 0.3) is 16.7 Å². The van der Waals surface area contributed by atoms with Gasteiger partial charge in [0.2, 0.25) is 0 Å². The van der Waals surface area contributed by atoms with Crippen LogP contribution in [0.15, 0.2) is 53.5 Å². The fourth-order valence-electron chi connectivity index (χ4n) is 2.75. The molecule has 0 aliphatic carbocycles. The highest BCUT2D eigenvalue weighted by Gasteiger charge is 2.17. The summed E-state index contributed by atoms with van der Waals surface area (Å²) < 4.78 is 14.7. The number of aliphatic carboxylic acids is 1. The minimum atomic E-state index is -1.78. The first kappa shape index (κ1) is 20.6. The number of carbonyl (C=O) groups excluding carboxylic acids is 1. The molecule has 6 nitrogen and oxygen atoms in total. The molecule has 148 valence electrons. The van der Waals surface area contributed by atoms with Gasteiger partial charge in [-0.15, -0.1) is 0 Å².